The highest BCUT2D eigenvalue weighted by molar-refractivity contribution is 7.09. The van der Waals surface area contributed by atoms with Crippen LogP contribution in [0.25, 0.3) is 0 Å². The maximum Gasteiger partial charge on any atom is 0.317 e. The number of thiazole rings is 1. The lowest BCUT2D eigenvalue weighted by atomic mass is 10.2. The van der Waals surface area contributed by atoms with Gasteiger partial charge in [0.25, 0.3) is 0 Å². The van der Waals surface area contributed by atoms with Crippen LogP contribution in [0.3, 0.4) is 0 Å². The van der Waals surface area contributed by atoms with E-state index in [1.807, 2.05) is 31.4 Å². The van der Waals surface area contributed by atoms with Crippen molar-refractivity contribution in [2.75, 3.05) is 26.2 Å². The number of ether oxygens (including phenoxy) is 1. The van der Waals surface area contributed by atoms with Gasteiger partial charge in [-0.1, -0.05) is 0 Å². The molecule has 3 heterocycles. The Labute approximate surface area is 139 Å². The van der Waals surface area contributed by atoms with Crippen LogP contribution in [-0.2, 0) is 11.2 Å². The van der Waals surface area contributed by atoms with Gasteiger partial charge < -0.3 is 19.4 Å². The fraction of sp³-hybridized carbons (Fsp3) is 0.500. The van der Waals surface area contributed by atoms with Gasteiger partial charge in [0.2, 0.25) is 0 Å². The quantitative estimate of drug-likeness (QED) is 0.933. The monoisotopic (exact) mass is 335 g/mol. The molecule has 1 atom stereocenters. The summed E-state index contributed by atoms with van der Waals surface area (Å²) in [5.74, 6) is 1.63. The first-order valence-corrected chi connectivity index (χ1v) is 8.61. The Bertz CT molecular complexity index is 667. The Hall–Kier alpha value is -1.86. The number of carbonyl (C=O) groups is 1. The molecule has 0 bridgehead atoms. The fourth-order valence-electron chi connectivity index (χ4n) is 2.56. The predicted octanol–water partition coefficient (Wildman–Crippen LogP) is 2.68. The Kier molecular flexibility index (Phi) is 4.97. The van der Waals surface area contributed by atoms with Crippen LogP contribution < -0.4 is 5.32 Å². The van der Waals surface area contributed by atoms with Gasteiger partial charge >= 0.3 is 6.03 Å². The average molecular weight is 335 g/mol. The summed E-state index contributed by atoms with van der Waals surface area (Å²) in [7, 11) is 0. The Morgan fingerprint density at radius 1 is 1.48 bits per heavy atom. The van der Waals surface area contributed by atoms with Gasteiger partial charge in [-0.15, -0.1) is 11.3 Å². The Morgan fingerprint density at radius 3 is 3.04 bits per heavy atom. The summed E-state index contributed by atoms with van der Waals surface area (Å²) >= 11 is 1.63. The molecule has 0 unspecified atom stereocenters. The lowest BCUT2D eigenvalue weighted by molar-refractivity contribution is -0.0263. The van der Waals surface area contributed by atoms with E-state index in [-0.39, 0.29) is 12.1 Å². The van der Waals surface area contributed by atoms with E-state index in [1.165, 1.54) is 0 Å². The second-order valence-corrected chi connectivity index (χ2v) is 6.66. The number of morpholine rings is 1. The maximum atomic E-state index is 12.3. The van der Waals surface area contributed by atoms with Crippen molar-refractivity contribution < 1.29 is 13.9 Å². The number of rotatable bonds is 4. The van der Waals surface area contributed by atoms with Crippen molar-refractivity contribution in [2.24, 2.45) is 0 Å². The molecule has 0 aromatic carbocycles. The molecule has 2 amide bonds. The van der Waals surface area contributed by atoms with Crippen LogP contribution in [0.2, 0.25) is 0 Å². The lowest BCUT2D eigenvalue weighted by Gasteiger charge is -2.32. The van der Waals surface area contributed by atoms with Gasteiger partial charge in [-0.2, -0.15) is 0 Å². The van der Waals surface area contributed by atoms with Gasteiger partial charge in [-0.3, -0.25) is 0 Å². The molecule has 1 N–H and O–H groups in total. The molecule has 124 valence electrons. The lowest BCUT2D eigenvalue weighted by Crippen LogP contribution is -2.47. The number of nitrogens with one attached hydrogen (secondary N) is 1. The third-order valence-electron chi connectivity index (χ3n) is 3.76. The highest BCUT2D eigenvalue weighted by Crippen LogP contribution is 2.24. The molecule has 2 aromatic heterocycles. The summed E-state index contributed by atoms with van der Waals surface area (Å²) in [6, 6.07) is 3.76. The molecule has 3 rings (SSSR count). The third-order valence-corrected chi connectivity index (χ3v) is 4.58. The first-order chi connectivity index (χ1) is 11.1. The molecule has 7 heteroatoms. The topological polar surface area (TPSA) is 67.6 Å². The number of hydrogen-bond acceptors (Lipinski definition) is 5. The van der Waals surface area contributed by atoms with Crippen molar-refractivity contribution in [3.05, 3.63) is 39.7 Å². The largest absolute Gasteiger partial charge is 0.464 e. The van der Waals surface area contributed by atoms with Crippen molar-refractivity contribution in [1.82, 2.24) is 15.2 Å². The van der Waals surface area contributed by atoms with Gasteiger partial charge in [0, 0.05) is 24.9 Å². The van der Waals surface area contributed by atoms with E-state index < -0.39 is 0 Å². The normalized spacial score (nSPS) is 18.2. The fourth-order valence-corrected chi connectivity index (χ4v) is 3.21. The number of hydrogen-bond donors (Lipinski definition) is 1. The highest BCUT2D eigenvalue weighted by Gasteiger charge is 2.27. The minimum absolute atomic E-state index is 0.0615. The number of furan rings is 1. The van der Waals surface area contributed by atoms with Crippen LogP contribution in [0.1, 0.15) is 28.3 Å². The number of aryl methyl sites for hydroxylation is 2. The molecule has 0 saturated carbocycles. The molecule has 0 aliphatic carbocycles. The minimum Gasteiger partial charge on any atom is -0.464 e. The van der Waals surface area contributed by atoms with Gasteiger partial charge in [0.15, 0.2) is 0 Å². The zero-order chi connectivity index (χ0) is 16.2. The molecule has 0 spiro atoms. The summed E-state index contributed by atoms with van der Waals surface area (Å²) in [5.41, 5.74) is 1.03. The first kappa shape index (κ1) is 16.0. The molecule has 2 aromatic rings. The summed E-state index contributed by atoms with van der Waals surface area (Å²) in [5, 5.41) is 6.04. The standard InChI is InChI=1S/C16H21N3O3S/c1-11-3-4-14(22-11)15-9-19(7-8-21-15)16(20)17-6-5-13-10-23-12(2)18-13/h3-4,10,15H,5-9H2,1-2H3,(H,17,20)/t15-/m1/s1. The number of aromatic nitrogens is 1. The van der Waals surface area contributed by atoms with Gasteiger partial charge in [0.1, 0.15) is 17.6 Å². The highest BCUT2D eigenvalue weighted by atomic mass is 32.1. The van der Waals surface area contributed by atoms with E-state index >= 15 is 0 Å². The maximum absolute atomic E-state index is 12.3. The number of nitrogens with zero attached hydrogens (tertiary/aromatic N) is 2. The van der Waals surface area contributed by atoms with Crippen LogP contribution in [0, 0.1) is 13.8 Å². The molecule has 1 saturated heterocycles. The van der Waals surface area contributed by atoms with Crippen molar-refractivity contribution in [3.63, 3.8) is 0 Å². The minimum atomic E-state index is -0.190. The molecule has 0 radical (unpaired) electrons. The second-order valence-electron chi connectivity index (χ2n) is 5.59. The van der Waals surface area contributed by atoms with Crippen molar-refractivity contribution in [2.45, 2.75) is 26.4 Å². The summed E-state index contributed by atoms with van der Waals surface area (Å²) in [6.07, 6.45) is 0.561. The molecule has 1 aliphatic rings. The molecule has 6 nitrogen and oxygen atoms in total. The number of amides is 2. The van der Waals surface area contributed by atoms with Crippen LogP contribution in [0.5, 0.6) is 0 Å². The molecule has 1 fully saturated rings. The van der Waals surface area contributed by atoms with E-state index in [0.29, 0.717) is 26.2 Å². The summed E-state index contributed by atoms with van der Waals surface area (Å²) in [4.78, 5) is 18.5. The summed E-state index contributed by atoms with van der Waals surface area (Å²) in [6.45, 7) is 6.09. The zero-order valence-electron chi connectivity index (χ0n) is 13.4. The molecular weight excluding hydrogens is 314 g/mol. The zero-order valence-corrected chi connectivity index (χ0v) is 14.2. The summed E-state index contributed by atoms with van der Waals surface area (Å²) < 4.78 is 11.3. The van der Waals surface area contributed by atoms with E-state index in [4.69, 9.17) is 9.15 Å². The van der Waals surface area contributed by atoms with Gasteiger partial charge in [0.05, 0.1) is 23.9 Å². The van der Waals surface area contributed by atoms with E-state index in [2.05, 4.69) is 10.3 Å². The van der Waals surface area contributed by atoms with Crippen LogP contribution in [-0.4, -0.2) is 42.2 Å². The molecule has 23 heavy (non-hydrogen) atoms. The van der Waals surface area contributed by atoms with E-state index in [0.717, 1.165) is 28.6 Å². The SMILES string of the molecule is Cc1ccc([C@H]2CN(C(=O)NCCc3csc(C)n3)CCO2)o1. The Balaban J connectivity index is 1.48. The predicted molar refractivity (Wildman–Crippen MR) is 87.7 cm³/mol. The average Bonchev–Trinajstić information content (AvgIpc) is 3.16. The second kappa shape index (κ2) is 7.14. The first-order valence-electron chi connectivity index (χ1n) is 7.73. The third kappa shape index (κ3) is 4.11. The Morgan fingerprint density at radius 2 is 2.35 bits per heavy atom. The van der Waals surface area contributed by atoms with Crippen molar-refractivity contribution >= 4 is 17.4 Å². The van der Waals surface area contributed by atoms with E-state index in [9.17, 15) is 4.79 Å². The molecular formula is C16H21N3O3S. The smallest absolute Gasteiger partial charge is 0.317 e. The number of carbonyl (C=O) groups excluding carboxylic acids is 1. The van der Waals surface area contributed by atoms with E-state index in [1.54, 1.807) is 16.2 Å². The van der Waals surface area contributed by atoms with Gasteiger partial charge in [-0.25, -0.2) is 9.78 Å². The number of urea groups is 1. The van der Waals surface area contributed by atoms with Crippen molar-refractivity contribution in [1.29, 1.82) is 0 Å². The van der Waals surface area contributed by atoms with Crippen LogP contribution >= 0.6 is 11.3 Å². The van der Waals surface area contributed by atoms with Crippen molar-refractivity contribution in [3.8, 4) is 0 Å². The molecule has 1 aliphatic heterocycles. The van der Waals surface area contributed by atoms with Crippen LogP contribution in [0.4, 0.5) is 4.79 Å². The van der Waals surface area contributed by atoms with Gasteiger partial charge in [-0.05, 0) is 26.0 Å². The van der Waals surface area contributed by atoms with Crippen LogP contribution in [0.15, 0.2) is 21.9 Å².